The lowest BCUT2D eigenvalue weighted by Crippen LogP contribution is -2.50. The van der Waals surface area contributed by atoms with E-state index in [9.17, 15) is 4.79 Å². The van der Waals surface area contributed by atoms with E-state index in [4.69, 9.17) is 17.3 Å². The summed E-state index contributed by atoms with van der Waals surface area (Å²) in [4.78, 5) is 14.5. The highest BCUT2D eigenvalue weighted by atomic mass is 35.5. The minimum atomic E-state index is -0.566. The number of halogens is 1. The van der Waals surface area contributed by atoms with Crippen molar-refractivity contribution in [3.63, 3.8) is 0 Å². The van der Waals surface area contributed by atoms with Crippen molar-refractivity contribution in [2.24, 2.45) is 12.8 Å². The van der Waals surface area contributed by atoms with Crippen molar-refractivity contribution in [1.82, 2.24) is 14.7 Å². The summed E-state index contributed by atoms with van der Waals surface area (Å²) in [6, 6.07) is 9.89. The molecule has 0 aliphatic carbocycles. The monoisotopic (exact) mass is 346 g/mol. The van der Waals surface area contributed by atoms with Crippen molar-refractivity contribution in [3.05, 3.63) is 52.3 Å². The van der Waals surface area contributed by atoms with Crippen molar-refractivity contribution in [2.45, 2.75) is 31.7 Å². The second-order valence-electron chi connectivity index (χ2n) is 6.56. The third kappa shape index (κ3) is 2.94. The first-order valence-corrected chi connectivity index (χ1v) is 8.57. The summed E-state index contributed by atoms with van der Waals surface area (Å²) in [6.45, 7) is 4.26. The molecule has 1 fully saturated rings. The summed E-state index contributed by atoms with van der Waals surface area (Å²) in [7, 11) is 1.91. The van der Waals surface area contributed by atoms with Gasteiger partial charge in [0.05, 0.1) is 21.8 Å². The predicted molar refractivity (Wildman–Crippen MR) is 94.8 cm³/mol. The molecule has 1 saturated heterocycles. The van der Waals surface area contributed by atoms with E-state index < -0.39 is 5.41 Å². The highest BCUT2D eigenvalue weighted by molar-refractivity contribution is 6.31. The molecule has 0 atom stereocenters. The topological polar surface area (TPSA) is 64.2 Å². The Balaban J connectivity index is 1.76. The fourth-order valence-corrected chi connectivity index (χ4v) is 3.81. The van der Waals surface area contributed by atoms with Gasteiger partial charge >= 0.3 is 0 Å². The van der Waals surface area contributed by atoms with Crippen LogP contribution in [0.25, 0.3) is 0 Å². The first-order valence-electron chi connectivity index (χ1n) is 8.20. The molecule has 0 radical (unpaired) electrons. The van der Waals surface area contributed by atoms with Crippen LogP contribution in [-0.4, -0.2) is 33.7 Å². The average Bonchev–Trinajstić information content (AvgIpc) is 2.82. The van der Waals surface area contributed by atoms with Crippen LogP contribution in [0.5, 0.6) is 0 Å². The third-order valence-corrected chi connectivity index (χ3v) is 5.63. The fraction of sp³-hybridized carbons (Fsp3) is 0.444. The summed E-state index contributed by atoms with van der Waals surface area (Å²) in [5.41, 5.74) is 8.11. The van der Waals surface area contributed by atoms with Crippen molar-refractivity contribution in [1.29, 1.82) is 0 Å². The Hall–Kier alpha value is -1.85. The zero-order valence-corrected chi connectivity index (χ0v) is 14.9. The molecule has 0 bridgehead atoms. The standard InChI is InChI=1S/C18H23ClN4O/c1-13-16(19)15(22(2)21-13)12-23-10-8-18(9-11-23,17(20)24)14-6-4-3-5-7-14/h3-7H,8-12H2,1-2H3,(H2,20,24). The summed E-state index contributed by atoms with van der Waals surface area (Å²) < 4.78 is 1.84. The highest BCUT2D eigenvalue weighted by Crippen LogP contribution is 2.36. The van der Waals surface area contributed by atoms with Crippen LogP contribution in [0.2, 0.25) is 5.02 Å². The van der Waals surface area contributed by atoms with E-state index in [1.807, 2.05) is 49.0 Å². The smallest absolute Gasteiger partial charge is 0.228 e. The van der Waals surface area contributed by atoms with Gasteiger partial charge in [-0.3, -0.25) is 14.4 Å². The average molecular weight is 347 g/mol. The molecule has 1 aromatic heterocycles. The van der Waals surface area contributed by atoms with Crippen LogP contribution in [0.3, 0.4) is 0 Å². The van der Waals surface area contributed by atoms with Gasteiger partial charge in [0.25, 0.3) is 0 Å². The largest absolute Gasteiger partial charge is 0.369 e. The third-order valence-electron chi connectivity index (χ3n) is 5.14. The molecule has 0 unspecified atom stereocenters. The van der Waals surface area contributed by atoms with Crippen molar-refractivity contribution < 1.29 is 4.79 Å². The van der Waals surface area contributed by atoms with Crippen molar-refractivity contribution in [2.75, 3.05) is 13.1 Å². The number of primary amides is 1. The summed E-state index contributed by atoms with van der Waals surface area (Å²) in [5.74, 6) is -0.234. The van der Waals surface area contributed by atoms with Gasteiger partial charge in [0.1, 0.15) is 0 Å². The molecule has 128 valence electrons. The summed E-state index contributed by atoms with van der Waals surface area (Å²) in [6.07, 6.45) is 1.45. The Labute approximate surface area is 147 Å². The Morgan fingerprint density at radius 1 is 1.29 bits per heavy atom. The molecule has 24 heavy (non-hydrogen) atoms. The predicted octanol–water partition coefficient (Wildman–Crippen LogP) is 2.40. The number of benzene rings is 1. The Bertz CT molecular complexity index is 733. The maximum absolute atomic E-state index is 12.2. The van der Waals surface area contributed by atoms with Crippen LogP contribution in [-0.2, 0) is 23.8 Å². The molecule has 6 heteroatoms. The lowest BCUT2D eigenvalue weighted by atomic mass is 9.72. The van der Waals surface area contributed by atoms with Crippen LogP contribution in [0.1, 0.15) is 29.8 Å². The molecule has 2 aromatic rings. The number of aryl methyl sites for hydroxylation is 2. The molecule has 1 aliphatic rings. The molecule has 0 spiro atoms. The van der Waals surface area contributed by atoms with Gasteiger partial charge in [0, 0.05) is 13.6 Å². The number of piperidine rings is 1. The zero-order chi connectivity index (χ0) is 17.3. The number of hydrogen-bond donors (Lipinski definition) is 1. The number of nitrogens with two attached hydrogens (primary N) is 1. The lowest BCUT2D eigenvalue weighted by molar-refractivity contribution is -0.125. The van der Waals surface area contributed by atoms with E-state index in [1.165, 1.54) is 0 Å². The van der Waals surface area contributed by atoms with Crippen molar-refractivity contribution in [3.8, 4) is 0 Å². The second-order valence-corrected chi connectivity index (χ2v) is 6.94. The molecule has 2 N–H and O–H groups in total. The van der Waals surface area contributed by atoms with Crippen LogP contribution >= 0.6 is 11.6 Å². The summed E-state index contributed by atoms with van der Waals surface area (Å²) in [5, 5.41) is 5.09. The molecule has 1 aromatic carbocycles. The van der Waals surface area contributed by atoms with E-state index in [2.05, 4.69) is 10.00 Å². The normalized spacial score (nSPS) is 17.8. The van der Waals surface area contributed by atoms with Crippen molar-refractivity contribution >= 4 is 17.5 Å². The van der Waals surface area contributed by atoms with E-state index >= 15 is 0 Å². The van der Waals surface area contributed by atoms with Crippen LogP contribution in [0, 0.1) is 6.92 Å². The van der Waals surface area contributed by atoms with Crippen LogP contribution in [0.15, 0.2) is 30.3 Å². The van der Waals surface area contributed by atoms with Gasteiger partial charge in [-0.05, 0) is 38.4 Å². The maximum Gasteiger partial charge on any atom is 0.228 e. The van der Waals surface area contributed by atoms with Crippen LogP contribution in [0.4, 0.5) is 0 Å². The van der Waals surface area contributed by atoms with Crippen LogP contribution < -0.4 is 5.73 Å². The SMILES string of the molecule is Cc1nn(C)c(CN2CCC(C(N)=O)(c3ccccc3)CC2)c1Cl. The van der Waals surface area contributed by atoms with E-state index in [0.717, 1.165) is 54.4 Å². The number of rotatable bonds is 4. The first-order chi connectivity index (χ1) is 11.4. The van der Waals surface area contributed by atoms with Gasteiger partial charge in [-0.15, -0.1) is 0 Å². The quantitative estimate of drug-likeness (QED) is 0.924. The number of nitrogens with zero attached hydrogens (tertiary/aromatic N) is 3. The van der Waals surface area contributed by atoms with E-state index in [-0.39, 0.29) is 5.91 Å². The molecule has 3 rings (SSSR count). The van der Waals surface area contributed by atoms with Gasteiger partial charge in [-0.25, -0.2) is 0 Å². The maximum atomic E-state index is 12.2. The highest BCUT2D eigenvalue weighted by Gasteiger charge is 2.41. The second kappa shape index (κ2) is 6.57. The van der Waals surface area contributed by atoms with Gasteiger partial charge in [-0.1, -0.05) is 41.9 Å². The van der Waals surface area contributed by atoms with Gasteiger partial charge < -0.3 is 5.73 Å². The Morgan fingerprint density at radius 2 is 1.92 bits per heavy atom. The Kier molecular flexibility index (Phi) is 4.65. The zero-order valence-electron chi connectivity index (χ0n) is 14.1. The van der Waals surface area contributed by atoms with E-state index in [1.54, 1.807) is 0 Å². The molecular weight excluding hydrogens is 324 g/mol. The minimum absolute atomic E-state index is 0.234. The molecule has 2 heterocycles. The molecule has 1 aliphatic heterocycles. The molecule has 0 saturated carbocycles. The number of carbonyl (C=O) groups excluding carboxylic acids is 1. The Morgan fingerprint density at radius 3 is 2.42 bits per heavy atom. The molecular formula is C18H23ClN4O. The number of carbonyl (C=O) groups is 1. The fourth-order valence-electron chi connectivity index (χ4n) is 3.59. The van der Waals surface area contributed by atoms with Gasteiger partial charge in [0.2, 0.25) is 5.91 Å². The lowest BCUT2D eigenvalue weighted by Gasteiger charge is -2.40. The van der Waals surface area contributed by atoms with E-state index in [0.29, 0.717) is 0 Å². The minimum Gasteiger partial charge on any atom is -0.369 e. The molecule has 1 amide bonds. The number of likely N-dealkylation sites (tertiary alicyclic amines) is 1. The first kappa shape index (κ1) is 17.0. The molecule has 5 nitrogen and oxygen atoms in total. The number of aromatic nitrogens is 2. The number of amides is 1. The van der Waals surface area contributed by atoms with Gasteiger partial charge in [0.15, 0.2) is 0 Å². The number of hydrogen-bond acceptors (Lipinski definition) is 3. The van der Waals surface area contributed by atoms with Gasteiger partial charge in [-0.2, -0.15) is 5.10 Å². The summed E-state index contributed by atoms with van der Waals surface area (Å²) >= 11 is 6.35.